The van der Waals surface area contributed by atoms with Gasteiger partial charge in [-0.15, -0.1) is 0 Å². The van der Waals surface area contributed by atoms with Crippen LogP contribution in [0.5, 0.6) is 5.75 Å². The van der Waals surface area contributed by atoms with Crippen LogP contribution in [0.25, 0.3) is 16.5 Å². The minimum atomic E-state index is -0.266. The second-order valence-electron chi connectivity index (χ2n) is 8.93. The molecule has 0 aliphatic carbocycles. The van der Waals surface area contributed by atoms with Crippen LogP contribution in [0.1, 0.15) is 33.7 Å². The van der Waals surface area contributed by atoms with Crippen molar-refractivity contribution in [1.29, 1.82) is 0 Å². The molecule has 2 amide bonds. The molecular weight excluding hydrogens is 418 g/mol. The molecular formula is C26H27N3O4. The van der Waals surface area contributed by atoms with Crippen molar-refractivity contribution < 1.29 is 19.1 Å². The van der Waals surface area contributed by atoms with Crippen LogP contribution in [0.3, 0.4) is 0 Å². The third kappa shape index (κ3) is 4.12. The van der Waals surface area contributed by atoms with E-state index in [2.05, 4.69) is 11.4 Å². The molecule has 0 unspecified atom stereocenters. The fourth-order valence-electron chi connectivity index (χ4n) is 4.61. The van der Waals surface area contributed by atoms with Crippen molar-refractivity contribution >= 4 is 28.4 Å². The number of carbonyl (C=O) groups excluding carboxylic acids is 2. The lowest BCUT2D eigenvalue weighted by atomic mass is 9.94. The van der Waals surface area contributed by atoms with Gasteiger partial charge >= 0.3 is 0 Å². The number of furan rings is 1. The van der Waals surface area contributed by atoms with Crippen LogP contribution in [0.2, 0.25) is 0 Å². The normalized spacial score (nSPS) is 18.1. The lowest BCUT2D eigenvalue weighted by molar-refractivity contribution is -0.133. The number of nitrogens with one attached hydrogen (secondary N) is 1. The van der Waals surface area contributed by atoms with Crippen molar-refractivity contribution in [2.45, 2.75) is 25.4 Å². The molecule has 5 rings (SSSR count). The van der Waals surface area contributed by atoms with Gasteiger partial charge in [0.25, 0.3) is 5.91 Å². The van der Waals surface area contributed by atoms with Gasteiger partial charge in [-0.25, -0.2) is 0 Å². The van der Waals surface area contributed by atoms with Crippen LogP contribution in [-0.4, -0.2) is 59.9 Å². The summed E-state index contributed by atoms with van der Waals surface area (Å²) in [5.74, 6) is 0.498. The van der Waals surface area contributed by atoms with Crippen LogP contribution < -0.4 is 5.32 Å². The van der Waals surface area contributed by atoms with E-state index in [0.717, 1.165) is 34.1 Å². The number of hydrogen-bond acceptors (Lipinski definition) is 5. The largest absolute Gasteiger partial charge is 0.508 e. The molecule has 1 aromatic heterocycles. The van der Waals surface area contributed by atoms with E-state index in [1.165, 1.54) is 4.90 Å². The number of hydrogen-bond donors (Lipinski definition) is 2. The summed E-state index contributed by atoms with van der Waals surface area (Å²) in [4.78, 5) is 28.9. The molecule has 0 saturated heterocycles. The number of benzene rings is 2. The van der Waals surface area contributed by atoms with Crippen molar-refractivity contribution in [2.24, 2.45) is 0 Å². The summed E-state index contributed by atoms with van der Waals surface area (Å²) in [6.45, 7) is 1.81. The van der Waals surface area contributed by atoms with Crippen LogP contribution >= 0.6 is 0 Å². The molecule has 33 heavy (non-hydrogen) atoms. The van der Waals surface area contributed by atoms with Gasteiger partial charge in [0.05, 0.1) is 6.04 Å². The van der Waals surface area contributed by atoms with Crippen LogP contribution in [-0.2, 0) is 17.8 Å². The van der Waals surface area contributed by atoms with E-state index in [0.29, 0.717) is 37.4 Å². The number of aromatic hydroxyl groups is 1. The van der Waals surface area contributed by atoms with Crippen molar-refractivity contribution in [1.82, 2.24) is 15.1 Å². The first-order chi connectivity index (χ1) is 15.9. The quantitative estimate of drug-likeness (QED) is 0.647. The molecule has 2 N–H and O–H groups in total. The molecule has 2 aliphatic rings. The predicted molar refractivity (Wildman–Crippen MR) is 126 cm³/mol. The van der Waals surface area contributed by atoms with Gasteiger partial charge in [0.2, 0.25) is 5.91 Å². The highest BCUT2D eigenvalue weighted by atomic mass is 16.3. The highest BCUT2D eigenvalue weighted by molar-refractivity contribution is 5.96. The van der Waals surface area contributed by atoms with Gasteiger partial charge < -0.3 is 24.6 Å². The summed E-state index contributed by atoms with van der Waals surface area (Å²) < 4.78 is 5.71. The van der Waals surface area contributed by atoms with Gasteiger partial charge in [0.15, 0.2) is 5.76 Å². The van der Waals surface area contributed by atoms with E-state index in [9.17, 15) is 14.7 Å². The molecule has 0 fully saturated rings. The van der Waals surface area contributed by atoms with Crippen molar-refractivity contribution in [3.8, 4) is 5.75 Å². The van der Waals surface area contributed by atoms with E-state index in [1.54, 1.807) is 32.3 Å². The van der Waals surface area contributed by atoms with Gasteiger partial charge in [0.1, 0.15) is 11.3 Å². The second kappa shape index (κ2) is 8.41. The van der Waals surface area contributed by atoms with E-state index < -0.39 is 0 Å². The van der Waals surface area contributed by atoms with Crippen molar-refractivity contribution in [2.75, 3.05) is 27.2 Å². The third-order valence-corrected chi connectivity index (χ3v) is 6.42. The Morgan fingerprint density at radius 1 is 1.12 bits per heavy atom. The van der Waals surface area contributed by atoms with E-state index in [-0.39, 0.29) is 23.6 Å². The molecule has 0 radical (unpaired) electrons. The Hall–Kier alpha value is -3.58. The first-order valence-electron chi connectivity index (χ1n) is 11.2. The lowest BCUT2D eigenvalue weighted by Crippen LogP contribution is -2.50. The third-order valence-electron chi connectivity index (χ3n) is 6.42. The van der Waals surface area contributed by atoms with E-state index in [1.807, 2.05) is 29.2 Å². The maximum absolute atomic E-state index is 13.3. The van der Waals surface area contributed by atoms with Crippen molar-refractivity contribution in [3.05, 3.63) is 71.0 Å². The molecule has 2 aromatic carbocycles. The summed E-state index contributed by atoms with van der Waals surface area (Å²) in [6, 6.07) is 12.7. The fraction of sp³-hybridized carbons (Fsp3) is 0.308. The summed E-state index contributed by atoms with van der Waals surface area (Å²) in [6.07, 6.45) is 3.60. The molecule has 7 nitrogen and oxygen atoms in total. The van der Waals surface area contributed by atoms with E-state index in [4.69, 9.17) is 4.42 Å². The van der Waals surface area contributed by atoms with E-state index >= 15 is 0 Å². The Bertz CT molecular complexity index is 1270. The summed E-state index contributed by atoms with van der Waals surface area (Å²) in [5.41, 5.74) is 4.94. The molecule has 0 bridgehead atoms. The van der Waals surface area contributed by atoms with Gasteiger partial charge in [0, 0.05) is 39.1 Å². The Morgan fingerprint density at radius 3 is 2.79 bits per heavy atom. The number of rotatable bonds is 3. The zero-order valence-corrected chi connectivity index (χ0v) is 18.8. The summed E-state index contributed by atoms with van der Waals surface area (Å²) in [5, 5.41) is 13.9. The van der Waals surface area contributed by atoms with Crippen LogP contribution in [0.4, 0.5) is 0 Å². The molecule has 0 spiro atoms. The smallest absolute Gasteiger partial charge is 0.289 e. The van der Waals surface area contributed by atoms with Gasteiger partial charge in [-0.1, -0.05) is 18.2 Å². The number of nitrogens with zero attached hydrogens (tertiary/aromatic N) is 2. The van der Waals surface area contributed by atoms with Gasteiger partial charge in [-0.2, -0.15) is 0 Å². The maximum atomic E-state index is 13.3. The Labute approximate surface area is 192 Å². The Morgan fingerprint density at radius 2 is 1.97 bits per heavy atom. The average Bonchev–Trinajstić information content (AvgIpc) is 3.26. The maximum Gasteiger partial charge on any atom is 0.289 e. The van der Waals surface area contributed by atoms with Crippen molar-refractivity contribution in [3.63, 3.8) is 0 Å². The average molecular weight is 446 g/mol. The minimum Gasteiger partial charge on any atom is -0.508 e. The summed E-state index contributed by atoms with van der Waals surface area (Å²) in [7, 11) is 3.39. The standard InChI is InChI=1S/C26H27N3O4/c1-28(2)26(32)24-13-19-10-16(6-8-23(19)33-24)18-4-3-9-29(15-18)25(31)22-12-17-5-7-21(30)11-20(17)14-27-22/h4-8,10-11,13,22,27,30H,3,9,12,14-15H2,1-2H3/t22-/m1/s1. The number of carbonyl (C=O) groups is 2. The topological polar surface area (TPSA) is 86.0 Å². The number of fused-ring (bicyclic) bond motifs is 2. The zero-order chi connectivity index (χ0) is 23.1. The first kappa shape index (κ1) is 21.3. The molecule has 7 heteroatoms. The highest BCUT2D eigenvalue weighted by Gasteiger charge is 2.29. The van der Waals surface area contributed by atoms with Crippen LogP contribution in [0, 0.1) is 0 Å². The monoisotopic (exact) mass is 445 g/mol. The molecule has 170 valence electrons. The highest BCUT2D eigenvalue weighted by Crippen LogP contribution is 2.28. The predicted octanol–water partition coefficient (Wildman–Crippen LogP) is 3.17. The Kier molecular flexibility index (Phi) is 5.42. The van der Waals surface area contributed by atoms with Gasteiger partial charge in [-0.3, -0.25) is 9.59 Å². The SMILES string of the molecule is CN(C)C(=O)c1cc2cc(C3=CCCN(C(=O)[C@H]4Cc5ccc(O)cc5CN4)C3)ccc2o1. The number of amides is 2. The molecule has 3 heterocycles. The molecule has 1 atom stereocenters. The zero-order valence-electron chi connectivity index (χ0n) is 18.8. The lowest BCUT2D eigenvalue weighted by Gasteiger charge is -2.33. The molecule has 2 aliphatic heterocycles. The molecule has 3 aromatic rings. The summed E-state index contributed by atoms with van der Waals surface area (Å²) >= 11 is 0. The fourth-order valence-corrected chi connectivity index (χ4v) is 4.61. The van der Waals surface area contributed by atoms with Crippen LogP contribution in [0.15, 0.2) is 53.0 Å². The van der Waals surface area contributed by atoms with Gasteiger partial charge in [-0.05, 0) is 65.4 Å². The number of phenols is 1. The minimum absolute atomic E-state index is 0.0996. The Balaban J connectivity index is 1.32. The first-order valence-corrected chi connectivity index (χ1v) is 11.2. The number of phenolic OH excluding ortho intramolecular Hbond substituents is 1. The second-order valence-corrected chi connectivity index (χ2v) is 8.93. The molecule has 0 saturated carbocycles.